The van der Waals surface area contributed by atoms with Gasteiger partial charge in [-0.15, -0.1) is 11.3 Å². The first-order chi connectivity index (χ1) is 9.20. The maximum atomic E-state index is 11.1. The van der Waals surface area contributed by atoms with Crippen molar-refractivity contribution >= 4 is 22.6 Å². The molecule has 0 aliphatic heterocycles. The first kappa shape index (κ1) is 12.1. The molecule has 3 rings (SSSR count). The number of fused-ring (bicyclic) bond motifs is 1. The van der Waals surface area contributed by atoms with Gasteiger partial charge in [0.1, 0.15) is 5.69 Å². The third kappa shape index (κ3) is 1.98. The molecule has 0 unspecified atom stereocenters. The van der Waals surface area contributed by atoms with Crippen LogP contribution in [0.2, 0.25) is 0 Å². The molecule has 0 radical (unpaired) electrons. The summed E-state index contributed by atoms with van der Waals surface area (Å²) in [5.41, 5.74) is 4.04. The fourth-order valence-electron chi connectivity index (χ4n) is 2.15. The van der Waals surface area contributed by atoms with Gasteiger partial charge in [0.05, 0.1) is 11.9 Å². The summed E-state index contributed by atoms with van der Waals surface area (Å²) in [7, 11) is 0. The zero-order valence-corrected chi connectivity index (χ0v) is 11.6. The molecule has 0 fully saturated rings. The van der Waals surface area contributed by atoms with Gasteiger partial charge in [0.25, 0.3) is 0 Å². The zero-order chi connectivity index (χ0) is 13.4. The summed E-state index contributed by atoms with van der Waals surface area (Å²) in [5, 5.41) is 2.04. The van der Waals surface area contributed by atoms with Crippen LogP contribution in [0.4, 0.5) is 0 Å². The highest BCUT2D eigenvalue weighted by atomic mass is 32.1. The molecule has 19 heavy (non-hydrogen) atoms. The van der Waals surface area contributed by atoms with E-state index in [1.165, 1.54) is 5.56 Å². The monoisotopic (exact) mass is 270 g/mol. The number of hydrogen-bond acceptors (Lipinski definition) is 3. The van der Waals surface area contributed by atoms with E-state index in [0.717, 1.165) is 22.5 Å². The second-order valence-corrected chi connectivity index (χ2v) is 5.65. The number of rotatable bonds is 3. The lowest BCUT2D eigenvalue weighted by Gasteiger charge is -2.06. The van der Waals surface area contributed by atoms with Gasteiger partial charge in [-0.05, 0) is 17.0 Å². The van der Waals surface area contributed by atoms with Crippen LogP contribution in [0.3, 0.4) is 0 Å². The van der Waals surface area contributed by atoms with Gasteiger partial charge in [-0.3, -0.25) is 9.20 Å². The Bertz CT molecular complexity index is 722. The number of hydrogen-bond donors (Lipinski definition) is 0. The van der Waals surface area contributed by atoms with Crippen molar-refractivity contribution in [3.05, 3.63) is 47.1 Å². The van der Waals surface area contributed by atoms with Crippen molar-refractivity contribution in [1.29, 1.82) is 0 Å². The molecule has 0 N–H and O–H groups in total. The standard InChI is InChI=1S/C15H14N2OS/c1-10(2)11-3-5-12(6-4-11)14-9-19-15-16-7-13(8-18)17(14)15/h3-10H,1-2H3. The minimum absolute atomic E-state index is 0.523. The molecule has 0 saturated carbocycles. The van der Waals surface area contributed by atoms with Gasteiger partial charge in [-0.1, -0.05) is 38.1 Å². The van der Waals surface area contributed by atoms with Gasteiger partial charge in [-0.2, -0.15) is 0 Å². The van der Waals surface area contributed by atoms with Crippen LogP contribution in [0, 0.1) is 0 Å². The fraction of sp³-hybridized carbons (Fsp3) is 0.200. The number of aldehydes is 1. The molecule has 4 heteroatoms. The Labute approximate surface area is 115 Å². The topological polar surface area (TPSA) is 34.4 Å². The van der Waals surface area contributed by atoms with Crippen LogP contribution >= 0.6 is 11.3 Å². The number of nitrogens with zero attached hydrogens (tertiary/aromatic N) is 2. The Balaban J connectivity index is 2.13. The number of benzene rings is 1. The van der Waals surface area contributed by atoms with Crippen molar-refractivity contribution in [2.24, 2.45) is 0 Å². The van der Waals surface area contributed by atoms with Crippen LogP contribution in [0.25, 0.3) is 16.2 Å². The first-order valence-corrected chi connectivity index (χ1v) is 7.09. The van der Waals surface area contributed by atoms with Crippen molar-refractivity contribution in [3.8, 4) is 11.3 Å². The summed E-state index contributed by atoms with van der Waals surface area (Å²) in [6.07, 6.45) is 2.46. The van der Waals surface area contributed by atoms with Crippen molar-refractivity contribution < 1.29 is 4.79 Å². The average molecular weight is 270 g/mol. The lowest BCUT2D eigenvalue weighted by atomic mass is 10.0. The number of carbonyl (C=O) groups excluding carboxylic acids is 1. The van der Waals surface area contributed by atoms with Crippen molar-refractivity contribution in [2.75, 3.05) is 0 Å². The van der Waals surface area contributed by atoms with Gasteiger partial charge in [0, 0.05) is 5.38 Å². The Hall–Kier alpha value is -1.94. The Morgan fingerprint density at radius 2 is 2.00 bits per heavy atom. The van der Waals surface area contributed by atoms with Crippen LogP contribution in [0.5, 0.6) is 0 Å². The van der Waals surface area contributed by atoms with Crippen LogP contribution in [0.1, 0.15) is 35.8 Å². The van der Waals surface area contributed by atoms with Crippen LogP contribution in [-0.4, -0.2) is 15.7 Å². The van der Waals surface area contributed by atoms with Gasteiger partial charge in [0.2, 0.25) is 0 Å². The molecule has 3 aromatic rings. The first-order valence-electron chi connectivity index (χ1n) is 6.21. The van der Waals surface area contributed by atoms with E-state index in [1.54, 1.807) is 17.5 Å². The molecule has 0 spiro atoms. The molecule has 3 nitrogen and oxygen atoms in total. The van der Waals surface area contributed by atoms with E-state index in [0.29, 0.717) is 11.6 Å². The second-order valence-electron chi connectivity index (χ2n) is 4.82. The van der Waals surface area contributed by atoms with Crippen molar-refractivity contribution in [2.45, 2.75) is 19.8 Å². The molecule has 2 aromatic heterocycles. The molecule has 1 aromatic carbocycles. The van der Waals surface area contributed by atoms with Crippen molar-refractivity contribution in [3.63, 3.8) is 0 Å². The van der Waals surface area contributed by atoms with E-state index < -0.39 is 0 Å². The minimum Gasteiger partial charge on any atom is -0.296 e. The molecule has 0 amide bonds. The predicted octanol–water partition coefficient (Wildman–Crippen LogP) is 4.00. The van der Waals surface area contributed by atoms with E-state index in [1.807, 2.05) is 9.78 Å². The van der Waals surface area contributed by atoms with E-state index in [-0.39, 0.29) is 0 Å². The molecule has 2 heterocycles. The highest BCUT2D eigenvalue weighted by molar-refractivity contribution is 7.15. The normalized spacial score (nSPS) is 11.3. The highest BCUT2D eigenvalue weighted by Crippen LogP contribution is 2.28. The van der Waals surface area contributed by atoms with Gasteiger partial charge in [0.15, 0.2) is 11.2 Å². The molecule has 0 aliphatic carbocycles. The molecule has 96 valence electrons. The third-order valence-corrected chi connectivity index (χ3v) is 4.11. The number of thiazole rings is 1. The molecule has 0 bridgehead atoms. The predicted molar refractivity (Wildman–Crippen MR) is 78.0 cm³/mol. The SMILES string of the molecule is CC(C)c1ccc(-c2csc3ncc(C=O)n23)cc1. The quantitative estimate of drug-likeness (QED) is 0.674. The summed E-state index contributed by atoms with van der Waals surface area (Å²) in [4.78, 5) is 16.1. The Morgan fingerprint density at radius 3 is 2.63 bits per heavy atom. The molecular weight excluding hydrogens is 256 g/mol. The van der Waals surface area contributed by atoms with E-state index in [9.17, 15) is 4.79 Å². The van der Waals surface area contributed by atoms with E-state index in [2.05, 4.69) is 43.1 Å². The summed E-state index contributed by atoms with van der Waals surface area (Å²) in [6, 6.07) is 8.48. The highest BCUT2D eigenvalue weighted by Gasteiger charge is 2.11. The Morgan fingerprint density at radius 1 is 1.26 bits per heavy atom. The van der Waals surface area contributed by atoms with Crippen LogP contribution < -0.4 is 0 Å². The largest absolute Gasteiger partial charge is 0.296 e. The van der Waals surface area contributed by atoms with Gasteiger partial charge < -0.3 is 0 Å². The van der Waals surface area contributed by atoms with Gasteiger partial charge >= 0.3 is 0 Å². The van der Waals surface area contributed by atoms with Gasteiger partial charge in [-0.25, -0.2) is 4.98 Å². The summed E-state index contributed by atoms with van der Waals surface area (Å²) in [6.45, 7) is 4.36. The van der Waals surface area contributed by atoms with Crippen LogP contribution in [-0.2, 0) is 0 Å². The second kappa shape index (κ2) is 4.63. The maximum absolute atomic E-state index is 11.1. The number of carbonyl (C=O) groups is 1. The number of imidazole rings is 1. The third-order valence-electron chi connectivity index (χ3n) is 3.27. The Kier molecular flexibility index (Phi) is 2.95. The minimum atomic E-state index is 0.523. The lowest BCUT2D eigenvalue weighted by Crippen LogP contribution is -1.92. The summed E-state index contributed by atoms with van der Waals surface area (Å²) < 4.78 is 1.90. The number of aromatic nitrogens is 2. The summed E-state index contributed by atoms with van der Waals surface area (Å²) >= 11 is 1.55. The van der Waals surface area contributed by atoms with E-state index in [4.69, 9.17) is 0 Å². The molecule has 0 aliphatic rings. The van der Waals surface area contributed by atoms with Crippen LogP contribution in [0.15, 0.2) is 35.8 Å². The van der Waals surface area contributed by atoms with Crippen molar-refractivity contribution in [1.82, 2.24) is 9.38 Å². The van der Waals surface area contributed by atoms with E-state index >= 15 is 0 Å². The molecule has 0 saturated heterocycles. The summed E-state index contributed by atoms with van der Waals surface area (Å²) in [5.74, 6) is 0.523. The maximum Gasteiger partial charge on any atom is 0.194 e. The lowest BCUT2D eigenvalue weighted by molar-refractivity contribution is 0.111. The average Bonchev–Trinajstić information content (AvgIpc) is 2.99. The molecule has 0 atom stereocenters. The zero-order valence-electron chi connectivity index (χ0n) is 10.8. The molecular formula is C15H14N2OS. The smallest absolute Gasteiger partial charge is 0.194 e. The fourth-order valence-corrected chi connectivity index (χ4v) is 3.03.